The van der Waals surface area contributed by atoms with E-state index in [-0.39, 0.29) is 29.5 Å². The molecule has 0 radical (unpaired) electrons. The van der Waals surface area contributed by atoms with Crippen LogP contribution in [0.3, 0.4) is 0 Å². The highest BCUT2D eigenvalue weighted by Gasteiger charge is 2.22. The van der Waals surface area contributed by atoms with Gasteiger partial charge in [-0.05, 0) is 49.6 Å². The summed E-state index contributed by atoms with van der Waals surface area (Å²) >= 11 is 5.90. The average molecular weight is 462 g/mol. The minimum atomic E-state index is -1.36. The fraction of sp³-hybridized carbons (Fsp3) is 0.333. The van der Waals surface area contributed by atoms with Crippen LogP contribution in [0.5, 0.6) is 5.75 Å². The Morgan fingerprint density at radius 1 is 1.28 bits per heavy atom. The monoisotopic (exact) mass is 461 g/mol. The van der Waals surface area contributed by atoms with Gasteiger partial charge >= 0.3 is 5.97 Å². The first-order chi connectivity index (χ1) is 15.2. The van der Waals surface area contributed by atoms with Crippen LogP contribution in [0.15, 0.2) is 41.3 Å². The van der Waals surface area contributed by atoms with Crippen LogP contribution in [0, 0.1) is 5.82 Å². The molecule has 2 aromatic carbocycles. The molecule has 32 heavy (non-hydrogen) atoms. The summed E-state index contributed by atoms with van der Waals surface area (Å²) in [6.45, 7) is 5.26. The molecule has 3 rings (SSSR count). The second kappa shape index (κ2) is 9.71. The van der Waals surface area contributed by atoms with Gasteiger partial charge in [0.15, 0.2) is 0 Å². The Labute approximate surface area is 189 Å². The summed E-state index contributed by atoms with van der Waals surface area (Å²) in [5.41, 5.74) is 0.218. The molecule has 0 bridgehead atoms. The number of aromatic nitrogens is 1. The van der Waals surface area contributed by atoms with Crippen molar-refractivity contribution in [1.29, 1.82) is 0 Å². The van der Waals surface area contributed by atoms with Crippen molar-refractivity contribution in [3.05, 3.63) is 74.3 Å². The number of carboxylic acid groups (broad SMARTS) is 1. The first-order valence-electron chi connectivity index (χ1n) is 10.3. The van der Waals surface area contributed by atoms with Crippen LogP contribution in [0.25, 0.3) is 10.9 Å². The first kappa shape index (κ1) is 23.8. The Bertz CT molecular complexity index is 1220. The quantitative estimate of drug-likeness (QED) is 0.502. The highest BCUT2D eigenvalue weighted by atomic mass is 35.5. The molecule has 0 fully saturated rings. The van der Waals surface area contributed by atoms with Crippen molar-refractivity contribution in [2.45, 2.75) is 45.8 Å². The lowest BCUT2D eigenvalue weighted by Crippen LogP contribution is -2.23. The van der Waals surface area contributed by atoms with Crippen molar-refractivity contribution in [2.24, 2.45) is 0 Å². The molecular formula is C24H25ClFNO5. The van der Waals surface area contributed by atoms with Gasteiger partial charge in [-0.2, -0.15) is 0 Å². The highest BCUT2D eigenvalue weighted by Crippen LogP contribution is 2.32. The average Bonchev–Trinajstić information content (AvgIpc) is 2.73. The molecule has 0 aliphatic rings. The van der Waals surface area contributed by atoms with Gasteiger partial charge in [0.2, 0.25) is 5.43 Å². The normalized spacial score (nSPS) is 12.3. The zero-order chi connectivity index (χ0) is 23.6. The number of aliphatic hydroxyl groups is 1. The molecule has 1 aromatic heterocycles. The van der Waals surface area contributed by atoms with Gasteiger partial charge in [0.1, 0.15) is 17.1 Å². The fourth-order valence-electron chi connectivity index (χ4n) is 3.72. The van der Waals surface area contributed by atoms with E-state index >= 15 is 0 Å². The number of benzene rings is 2. The topological polar surface area (TPSA) is 88.8 Å². The smallest absolute Gasteiger partial charge is 0.341 e. The van der Waals surface area contributed by atoms with Gasteiger partial charge in [-0.25, -0.2) is 9.18 Å². The second-order valence-electron chi connectivity index (χ2n) is 7.88. The molecule has 1 unspecified atom stereocenters. The lowest BCUT2D eigenvalue weighted by Gasteiger charge is -2.23. The Kier molecular flexibility index (Phi) is 7.21. The number of fused-ring (bicyclic) bond motifs is 1. The van der Waals surface area contributed by atoms with Crippen LogP contribution in [0.2, 0.25) is 5.02 Å². The van der Waals surface area contributed by atoms with Crippen LogP contribution < -0.4 is 10.2 Å². The maximum absolute atomic E-state index is 14.5. The Morgan fingerprint density at radius 2 is 2.00 bits per heavy atom. The number of hydrogen-bond acceptors (Lipinski definition) is 4. The summed E-state index contributed by atoms with van der Waals surface area (Å²) in [6.07, 6.45) is 1.64. The van der Waals surface area contributed by atoms with Crippen molar-refractivity contribution in [1.82, 2.24) is 4.57 Å². The minimum Gasteiger partial charge on any atom is -0.489 e. The van der Waals surface area contributed by atoms with E-state index in [1.165, 1.54) is 12.3 Å². The third-order valence-electron chi connectivity index (χ3n) is 5.24. The fourth-order valence-corrected chi connectivity index (χ4v) is 3.91. The molecule has 0 spiro atoms. The Morgan fingerprint density at radius 3 is 2.59 bits per heavy atom. The Hall–Kier alpha value is -2.90. The third-order valence-corrected chi connectivity index (χ3v) is 5.54. The molecule has 0 saturated heterocycles. The van der Waals surface area contributed by atoms with Crippen LogP contribution in [-0.4, -0.2) is 33.5 Å². The predicted molar refractivity (Wildman–Crippen MR) is 122 cm³/mol. The summed E-state index contributed by atoms with van der Waals surface area (Å²) in [4.78, 5) is 24.8. The summed E-state index contributed by atoms with van der Waals surface area (Å²) in [6, 6.07) is 7.49. The molecule has 1 heterocycles. The summed E-state index contributed by atoms with van der Waals surface area (Å²) in [7, 11) is 0. The van der Waals surface area contributed by atoms with Crippen LogP contribution >= 0.6 is 11.6 Å². The second-order valence-corrected chi connectivity index (χ2v) is 8.28. The zero-order valence-corrected chi connectivity index (χ0v) is 18.8. The maximum atomic E-state index is 14.5. The van der Waals surface area contributed by atoms with Crippen LogP contribution in [-0.2, 0) is 6.42 Å². The predicted octanol–water partition coefficient (Wildman–Crippen LogP) is 4.81. The largest absolute Gasteiger partial charge is 0.489 e. The number of carbonyl (C=O) groups is 1. The molecule has 0 saturated carbocycles. The molecule has 1 atom stereocenters. The van der Waals surface area contributed by atoms with E-state index in [0.29, 0.717) is 28.8 Å². The van der Waals surface area contributed by atoms with Gasteiger partial charge in [0, 0.05) is 12.6 Å². The molecule has 0 aliphatic carbocycles. The standard InChI is InChI=1S/C24H25ClFNO5/c1-4-16(12-28)27-11-18(24(30)31)23(29)17-9-14(10-20(22(17)27)32-13(2)3)8-15-6-5-7-19(25)21(15)26/h5-7,9-11,13,16,28H,4,8,12H2,1-3H3,(H,30,31). The van der Waals surface area contributed by atoms with E-state index in [4.69, 9.17) is 16.3 Å². The lowest BCUT2D eigenvalue weighted by molar-refractivity contribution is 0.0694. The molecule has 2 N–H and O–H groups in total. The van der Waals surface area contributed by atoms with Gasteiger partial charge in [0.05, 0.1) is 34.7 Å². The number of carboxylic acids is 1. The van der Waals surface area contributed by atoms with Crippen LogP contribution in [0.4, 0.5) is 4.39 Å². The molecule has 8 heteroatoms. The molecule has 0 aliphatic heterocycles. The zero-order valence-electron chi connectivity index (χ0n) is 18.1. The number of halogens is 2. The number of nitrogens with zero attached hydrogens (tertiary/aromatic N) is 1. The summed E-state index contributed by atoms with van der Waals surface area (Å²) in [5.74, 6) is -1.56. The maximum Gasteiger partial charge on any atom is 0.341 e. The van der Waals surface area contributed by atoms with Crippen molar-refractivity contribution < 1.29 is 24.1 Å². The molecule has 170 valence electrons. The number of ether oxygens (including phenoxy) is 1. The number of pyridine rings is 1. The van der Waals surface area contributed by atoms with Crippen molar-refractivity contribution in [3.63, 3.8) is 0 Å². The minimum absolute atomic E-state index is 0.00815. The van der Waals surface area contributed by atoms with E-state index in [1.807, 2.05) is 20.8 Å². The number of aliphatic hydroxyl groups excluding tert-OH is 1. The lowest BCUT2D eigenvalue weighted by atomic mass is 10.00. The molecular weight excluding hydrogens is 437 g/mol. The van der Waals surface area contributed by atoms with E-state index in [1.54, 1.807) is 28.8 Å². The van der Waals surface area contributed by atoms with Gasteiger partial charge in [-0.3, -0.25) is 4.79 Å². The van der Waals surface area contributed by atoms with E-state index in [9.17, 15) is 24.2 Å². The third kappa shape index (κ3) is 4.64. The van der Waals surface area contributed by atoms with Gasteiger partial charge in [0.25, 0.3) is 0 Å². The highest BCUT2D eigenvalue weighted by molar-refractivity contribution is 6.30. The summed E-state index contributed by atoms with van der Waals surface area (Å²) < 4.78 is 22.1. The number of rotatable bonds is 8. The van der Waals surface area contributed by atoms with Crippen molar-refractivity contribution in [2.75, 3.05) is 6.61 Å². The van der Waals surface area contributed by atoms with Crippen molar-refractivity contribution >= 4 is 28.5 Å². The van der Waals surface area contributed by atoms with E-state index in [0.717, 1.165) is 0 Å². The first-order valence-corrected chi connectivity index (χ1v) is 10.7. The SMILES string of the molecule is CCC(CO)n1cc(C(=O)O)c(=O)c2cc(Cc3cccc(Cl)c3F)cc(OC(C)C)c21. The van der Waals surface area contributed by atoms with Gasteiger partial charge in [-0.1, -0.05) is 30.7 Å². The van der Waals surface area contributed by atoms with E-state index in [2.05, 4.69) is 0 Å². The molecule has 6 nitrogen and oxygen atoms in total. The van der Waals surface area contributed by atoms with E-state index < -0.39 is 28.8 Å². The number of aromatic carboxylic acids is 1. The number of hydrogen-bond donors (Lipinski definition) is 2. The molecule has 3 aromatic rings. The van der Waals surface area contributed by atoms with Gasteiger partial charge in [-0.15, -0.1) is 0 Å². The molecule has 0 amide bonds. The van der Waals surface area contributed by atoms with Gasteiger partial charge < -0.3 is 19.5 Å². The summed E-state index contributed by atoms with van der Waals surface area (Å²) in [5, 5.41) is 19.6. The van der Waals surface area contributed by atoms with Crippen molar-refractivity contribution in [3.8, 4) is 5.75 Å². The van der Waals surface area contributed by atoms with Crippen LogP contribution in [0.1, 0.15) is 54.7 Å². The Balaban J connectivity index is 2.35.